The van der Waals surface area contributed by atoms with E-state index in [1.54, 1.807) is 31.3 Å². The van der Waals surface area contributed by atoms with Crippen LogP contribution in [0.25, 0.3) is 0 Å². The lowest BCUT2D eigenvalue weighted by Crippen LogP contribution is -2.30. The van der Waals surface area contributed by atoms with Crippen LogP contribution in [0.3, 0.4) is 0 Å². The summed E-state index contributed by atoms with van der Waals surface area (Å²) in [6.45, 7) is 0.233. The van der Waals surface area contributed by atoms with Gasteiger partial charge in [-0.15, -0.1) is 0 Å². The number of aliphatic hydroxyl groups excluding tert-OH is 2. The Kier molecular flexibility index (Phi) is 5.09. The lowest BCUT2D eigenvalue weighted by atomic mass is 9.98. The van der Waals surface area contributed by atoms with Gasteiger partial charge in [-0.05, 0) is 18.7 Å². The van der Waals surface area contributed by atoms with Crippen LogP contribution in [-0.4, -0.2) is 43.0 Å². The topological polar surface area (TPSA) is 78.8 Å². The van der Waals surface area contributed by atoms with Gasteiger partial charge in [0.25, 0.3) is 0 Å². The van der Waals surface area contributed by atoms with Crippen molar-refractivity contribution in [2.45, 2.75) is 12.2 Å². The summed E-state index contributed by atoms with van der Waals surface area (Å²) in [4.78, 5) is 11.5. The van der Waals surface area contributed by atoms with Crippen molar-refractivity contribution < 1.29 is 19.7 Å². The summed E-state index contributed by atoms with van der Waals surface area (Å²) in [5.74, 6) is -0.531. The molecule has 2 atom stereocenters. The second kappa shape index (κ2) is 6.34. The van der Waals surface area contributed by atoms with Crippen molar-refractivity contribution in [1.82, 2.24) is 5.32 Å². The number of rotatable bonds is 5. The third-order valence-corrected chi connectivity index (χ3v) is 2.46. The van der Waals surface area contributed by atoms with E-state index in [0.29, 0.717) is 5.56 Å². The zero-order chi connectivity index (χ0) is 12.8. The van der Waals surface area contributed by atoms with Crippen molar-refractivity contribution in [2.75, 3.05) is 20.7 Å². The monoisotopic (exact) mass is 239 g/mol. The molecule has 0 aliphatic carbocycles. The van der Waals surface area contributed by atoms with Gasteiger partial charge < -0.3 is 20.3 Å². The fraction of sp³-hybridized carbons (Fsp3) is 0.417. The normalized spacial score (nSPS) is 14.1. The first-order valence-corrected chi connectivity index (χ1v) is 5.29. The van der Waals surface area contributed by atoms with Gasteiger partial charge in [0.1, 0.15) is 6.10 Å². The molecule has 0 fully saturated rings. The Hall–Kier alpha value is -1.43. The number of carbonyl (C=O) groups is 1. The Bertz CT molecular complexity index is 381. The van der Waals surface area contributed by atoms with Crippen LogP contribution in [0.5, 0.6) is 0 Å². The number of hydrogen-bond donors (Lipinski definition) is 3. The summed E-state index contributed by atoms with van der Waals surface area (Å²) in [6, 6.07) is 6.51. The van der Waals surface area contributed by atoms with Gasteiger partial charge in [-0.3, -0.25) is 0 Å². The van der Waals surface area contributed by atoms with Gasteiger partial charge in [0.05, 0.1) is 18.8 Å². The van der Waals surface area contributed by atoms with Crippen LogP contribution in [0.15, 0.2) is 24.3 Å². The van der Waals surface area contributed by atoms with Gasteiger partial charge in [0.15, 0.2) is 0 Å². The van der Waals surface area contributed by atoms with Crippen LogP contribution < -0.4 is 5.32 Å². The van der Waals surface area contributed by atoms with E-state index in [2.05, 4.69) is 10.1 Å². The van der Waals surface area contributed by atoms with Crippen molar-refractivity contribution >= 4 is 5.97 Å². The maximum atomic E-state index is 11.5. The second-order valence-electron chi connectivity index (χ2n) is 3.65. The third kappa shape index (κ3) is 3.26. The average Bonchev–Trinajstić information content (AvgIpc) is 2.37. The molecule has 17 heavy (non-hydrogen) atoms. The molecule has 0 aliphatic rings. The Balaban J connectivity index is 3.00. The number of ether oxygens (including phenoxy) is 1. The van der Waals surface area contributed by atoms with Crippen LogP contribution in [0.2, 0.25) is 0 Å². The Morgan fingerprint density at radius 3 is 2.65 bits per heavy atom. The van der Waals surface area contributed by atoms with Gasteiger partial charge in [-0.1, -0.05) is 18.2 Å². The zero-order valence-corrected chi connectivity index (χ0v) is 9.88. The number of likely N-dealkylation sites (N-methyl/N-ethyl adjacent to an activating group) is 1. The summed E-state index contributed by atoms with van der Waals surface area (Å²) in [7, 11) is 2.94. The van der Waals surface area contributed by atoms with E-state index in [1.165, 1.54) is 7.11 Å². The van der Waals surface area contributed by atoms with E-state index < -0.39 is 18.2 Å². The average molecular weight is 239 g/mol. The molecular formula is C12H17NO4. The summed E-state index contributed by atoms with van der Waals surface area (Å²) < 4.78 is 4.62. The first-order chi connectivity index (χ1) is 8.11. The predicted molar refractivity (Wildman–Crippen MR) is 62.7 cm³/mol. The Morgan fingerprint density at radius 1 is 1.41 bits per heavy atom. The molecule has 0 heterocycles. The van der Waals surface area contributed by atoms with E-state index in [-0.39, 0.29) is 12.1 Å². The molecule has 0 spiro atoms. The quantitative estimate of drug-likeness (QED) is 0.634. The summed E-state index contributed by atoms with van der Waals surface area (Å²) in [5.41, 5.74) is 0.625. The lowest BCUT2D eigenvalue weighted by molar-refractivity contribution is 0.0189. The zero-order valence-electron chi connectivity index (χ0n) is 9.88. The van der Waals surface area contributed by atoms with Crippen LogP contribution in [-0.2, 0) is 4.74 Å². The number of methoxy groups -OCH3 is 1. The maximum absolute atomic E-state index is 11.5. The van der Waals surface area contributed by atoms with Crippen molar-refractivity contribution in [3.05, 3.63) is 35.4 Å². The molecule has 0 saturated carbocycles. The molecule has 5 nitrogen and oxygen atoms in total. The highest BCUT2D eigenvalue weighted by Crippen LogP contribution is 2.21. The molecule has 0 aliphatic heterocycles. The number of nitrogens with one attached hydrogen (secondary N) is 1. The highest BCUT2D eigenvalue weighted by Gasteiger charge is 2.23. The molecule has 94 valence electrons. The SMILES string of the molecule is CNCC(O)C(O)c1ccccc1C(=O)OC. The summed E-state index contributed by atoms with van der Waals surface area (Å²) in [5, 5.41) is 22.4. The Morgan fingerprint density at radius 2 is 2.06 bits per heavy atom. The summed E-state index contributed by atoms with van der Waals surface area (Å²) in [6.07, 6.45) is -2.11. The number of esters is 1. The first-order valence-electron chi connectivity index (χ1n) is 5.29. The Labute approximate surface area is 100 Å². The molecule has 5 heteroatoms. The largest absolute Gasteiger partial charge is 0.465 e. The molecule has 0 radical (unpaired) electrons. The molecule has 0 aromatic heterocycles. The number of hydrogen-bond acceptors (Lipinski definition) is 5. The van der Waals surface area contributed by atoms with E-state index in [0.717, 1.165) is 0 Å². The molecular weight excluding hydrogens is 222 g/mol. The van der Waals surface area contributed by atoms with Gasteiger partial charge in [-0.2, -0.15) is 0 Å². The highest BCUT2D eigenvalue weighted by atomic mass is 16.5. The van der Waals surface area contributed by atoms with Crippen LogP contribution in [0.4, 0.5) is 0 Å². The van der Waals surface area contributed by atoms with Crippen molar-refractivity contribution in [1.29, 1.82) is 0 Å². The maximum Gasteiger partial charge on any atom is 0.338 e. The van der Waals surface area contributed by atoms with Crippen LogP contribution >= 0.6 is 0 Å². The molecule has 1 aromatic carbocycles. The van der Waals surface area contributed by atoms with Gasteiger partial charge >= 0.3 is 5.97 Å². The summed E-state index contributed by atoms with van der Waals surface area (Å²) >= 11 is 0. The molecule has 3 N–H and O–H groups in total. The minimum absolute atomic E-state index is 0.233. The first kappa shape index (κ1) is 13.6. The molecule has 0 amide bonds. The fourth-order valence-corrected chi connectivity index (χ4v) is 1.58. The molecule has 2 unspecified atom stereocenters. The molecule has 1 aromatic rings. The number of carbonyl (C=O) groups excluding carboxylic acids is 1. The van der Waals surface area contributed by atoms with Crippen molar-refractivity contribution in [3.8, 4) is 0 Å². The van der Waals surface area contributed by atoms with Crippen LogP contribution in [0, 0.1) is 0 Å². The van der Waals surface area contributed by atoms with Gasteiger partial charge in [0.2, 0.25) is 0 Å². The predicted octanol–water partition coefficient (Wildman–Crippen LogP) is 0.0869. The van der Waals surface area contributed by atoms with Gasteiger partial charge in [0, 0.05) is 6.54 Å². The number of aliphatic hydroxyl groups is 2. The van der Waals surface area contributed by atoms with Crippen molar-refractivity contribution in [2.24, 2.45) is 0 Å². The molecule has 0 bridgehead atoms. The minimum atomic E-state index is -1.13. The minimum Gasteiger partial charge on any atom is -0.465 e. The standard InChI is InChI=1S/C12H17NO4/c1-13-7-10(14)11(15)8-5-3-4-6-9(8)12(16)17-2/h3-6,10-11,13-15H,7H2,1-2H3. The third-order valence-electron chi connectivity index (χ3n) is 2.46. The fourth-order valence-electron chi connectivity index (χ4n) is 1.58. The van der Waals surface area contributed by atoms with Crippen molar-refractivity contribution in [3.63, 3.8) is 0 Å². The van der Waals surface area contributed by atoms with E-state index in [1.807, 2.05) is 0 Å². The molecule has 1 rings (SSSR count). The van der Waals surface area contributed by atoms with Gasteiger partial charge in [-0.25, -0.2) is 4.79 Å². The van der Waals surface area contributed by atoms with E-state index in [9.17, 15) is 15.0 Å². The molecule has 0 saturated heterocycles. The lowest BCUT2D eigenvalue weighted by Gasteiger charge is -2.19. The second-order valence-corrected chi connectivity index (χ2v) is 3.65. The van der Waals surface area contributed by atoms with Crippen LogP contribution in [0.1, 0.15) is 22.0 Å². The smallest absolute Gasteiger partial charge is 0.338 e. The highest BCUT2D eigenvalue weighted by molar-refractivity contribution is 5.91. The number of benzene rings is 1. The van der Waals surface area contributed by atoms with E-state index >= 15 is 0 Å². The van der Waals surface area contributed by atoms with E-state index in [4.69, 9.17) is 0 Å².